The molecule has 0 aromatic heterocycles. The number of thioether (sulfide) groups is 8. The molecule has 0 fully saturated rings. The Kier molecular flexibility index (Phi) is 23.7. The molecule has 2 aliphatic heterocycles. The fourth-order valence-corrected chi connectivity index (χ4v) is 17.8. The maximum atomic E-state index is 2.32. The predicted octanol–water partition coefficient (Wildman–Crippen LogP) is 14.1. The fourth-order valence-electron chi connectivity index (χ4n) is 4.03. The minimum Gasteiger partial charge on any atom is -0.118 e. The first kappa shape index (κ1) is 36.5. The van der Waals surface area contributed by atoms with E-state index in [2.05, 4.69) is 122 Å². The molecule has 2 rings (SSSR count). The largest absolute Gasteiger partial charge is 0.118 e. The van der Waals surface area contributed by atoms with Crippen molar-refractivity contribution in [1.29, 1.82) is 0 Å². The van der Waals surface area contributed by atoms with Gasteiger partial charge in [0, 0.05) is 0 Å². The van der Waals surface area contributed by atoms with Gasteiger partial charge in [-0.3, -0.25) is 0 Å². The van der Waals surface area contributed by atoms with Crippen LogP contribution in [0.3, 0.4) is 0 Å². The van der Waals surface area contributed by atoms with Crippen molar-refractivity contribution in [1.82, 2.24) is 0 Å². The molecule has 0 unspecified atom stereocenters. The number of rotatable bonds is 25. The van der Waals surface area contributed by atoms with Crippen LogP contribution < -0.4 is 0 Å². The van der Waals surface area contributed by atoms with Crippen LogP contribution in [-0.2, 0) is 0 Å². The first-order valence-corrected chi connectivity index (χ1v) is 22.9. The first-order valence-electron chi connectivity index (χ1n) is 15.4. The van der Waals surface area contributed by atoms with Crippen LogP contribution in [0.4, 0.5) is 0 Å². The number of hydrogen-bond donors (Lipinski definition) is 0. The van der Waals surface area contributed by atoms with E-state index in [1.807, 2.05) is 0 Å². The maximum absolute atomic E-state index is 2.32. The monoisotopic (exact) mass is 670 g/mol. The lowest BCUT2D eigenvalue weighted by Gasteiger charge is -2.16. The Morgan fingerprint density at radius 1 is 0.368 bits per heavy atom. The van der Waals surface area contributed by atoms with Gasteiger partial charge in [0.2, 0.25) is 0 Å². The van der Waals surface area contributed by atoms with Crippen LogP contribution in [0.5, 0.6) is 0 Å². The molecule has 0 amide bonds. The number of hydrogen-bond acceptors (Lipinski definition) is 8. The van der Waals surface area contributed by atoms with Gasteiger partial charge >= 0.3 is 0 Å². The van der Waals surface area contributed by atoms with Gasteiger partial charge in [-0.1, -0.05) is 105 Å². The average molecular weight is 671 g/mol. The summed E-state index contributed by atoms with van der Waals surface area (Å²) < 4.78 is 7.96. The Hall–Kier alpha value is 2.28. The summed E-state index contributed by atoms with van der Waals surface area (Å²) in [6.45, 7) is 9.27. The van der Waals surface area contributed by atoms with Gasteiger partial charge in [0.05, 0.1) is 26.1 Å². The summed E-state index contributed by atoms with van der Waals surface area (Å²) in [6.07, 6.45) is 22.0. The summed E-state index contributed by atoms with van der Waals surface area (Å²) in [5, 5.41) is 0. The molecule has 0 bridgehead atoms. The van der Waals surface area contributed by atoms with E-state index in [1.54, 1.807) is 16.9 Å². The molecule has 0 saturated heterocycles. The molecule has 8 heteroatoms. The van der Waals surface area contributed by atoms with Crippen molar-refractivity contribution >= 4 is 94.1 Å². The highest BCUT2D eigenvalue weighted by molar-refractivity contribution is 8.42. The fraction of sp³-hybridized carbons (Fsp3) is 0.867. The SMILES string of the molecule is CCCCCCSC1=C(SCCCCCC)SC(C2SC(SCCCCCC)=C(SCCCCCC)S2)S1. The zero-order valence-corrected chi connectivity index (χ0v) is 31.1. The zero-order valence-electron chi connectivity index (χ0n) is 24.6. The highest BCUT2D eigenvalue weighted by Gasteiger charge is 2.38. The third-order valence-corrected chi connectivity index (χ3v) is 19.3. The summed E-state index contributed by atoms with van der Waals surface area (Å²) in [5.41, 5.74) is 0. The van der Waals surface area contributed by atoms with E-state index in [0.29, 0.717) is 9.16 Å². The van der Waals surface area contributed by atoms with Gasteiger partial charge in [0.1, 0.15) is 0 Å². The van der Waals surface area contributed by atoms with E-state index < -0.39 is 0 Å². The quantitative estimate of drug-likeness (QED) is 0.0869. The van der Waals surface area contributed by atoms with E-state index in [0.717, 1.165) is 0 Å². The van der Waals surface area contributed by atoms with Crippen LogP contribution in [0.25, 0.3) is 0 Å². The average Bonchev–Trinajstić information content (AvgIpc) is 3.52. The molecular weight excluding hydrogens is 617 g/mol. The molecule has 2 aliphatic rings. The minimum absolute atomic E-state index is 0.662. The van der Waals surface area contributed by atoms with Gasteiger partial charge in [-0.05, 0) is 48.7 Å². The molecule has 2 heterocycles. The lowest BCUT2D eigenvalue weighted by Crippen LogP contribution is -2.07. The predicted molar refractivity (Wildman–Crippen MR) is 198 cm³/mol. The normalized spacial score (nSPS) is 17.1. The Morgan fingerprint density at radius 2 is 0.605 bits per heavy atom. The molecule has 0 atom stereocenters. The summed E-state index contributed by atoms with van der Waals surface area (Å²) >= 11 is 17.6. The van der Waals surface area contributed by atoms with Gasteiger partial charge in [0.25, 0.3) is 0 Å². The van der Waals surface area contributed by atoms with E-state index in [-0.39, 0.29) is 0 Å². The third-order valence-electron chi connectivity index (χ3n) is 6.37. The van der Waals surface area contributed by atoms with Gasteiger partial charge in [-0.2, -0.15) is 0 Å². The summed E-state index contributed by atoms with van der Waals surface area (Å²) in [7, 11) is 0. The Labute approximate surface area is 271 Å². The number of unbranched alkanes of at least 4 members (excludes halogenated alkanes) is 12. The van der Waals surface area contributed by atoms with Crippen LogP contribution in [0.1, 0.15) is 130 Å². The highest BCUT2D eigenvalue weighted by Crippen LogP contribution is 2.64. The molecule has 0 aliphatic carbocycles. The highest BCUT2D eigenvalue weighted by atomic mass is 32.3. The third kappa shape index (κ3) is 15.7. The van der Waals surface area contributed by atoms with E-state index in [1.165, 1.54) is 126 Å². The van der Waals surface area contributed by atoms with Gasteiger partial charge in [-0.25, -0.2) is 0 Å². The molecule has 0 aromatic rings. The lowest BCUT2D eigenvalue weighted by atomic mass is 10.2. The van der Waals surface area contributed by atoms with Crippen molar-refractivity contribution < 1.29 is 0 Å². The minimum atomic E-state index is 0.662. The standard InChI is InChI=1S/C30H54S8/c1-5-9-13-17-21-31-25-26(32-22-18-14-10-6-2)36-29(35-25)30-37-27(33-23-19-15-11-7-3)28(38-30)34-24-20-16-12-8-4/h29-30H,5-24H2,1-4H3. The van der Waals surface area contributed by atoms with Crippen LogP contribution in [-0.4, -0.2) is 32.2 Å². The molecule has 0 N–H and O–H groups in total. The lowest BCUT2D eigenvalue weighted by molar-refractivity contribution is 0.707. The molecule has 222 valence electrons. The smallest absolute Gasteiger partial charge is 0.0825 e. The summed E-state index contributed by atoms with van der Waals surface area (Å²) in [4.78, 5) is 0. The van der Waals surface area contributed by atoms with Crippen LogP contribution in [0.2, 0.25) is 0 Å². The van der Waals surface area contributed by atoms with Gasteiger partial charge < -0.3 is 0 Å². The van der Waals surface area contributed by atoms with Crippen molar-refractivity contribution in [3.63, 3.8) is 0 Å². The maximum Gasteiger partial charge on any atom is 0.0825 e. The molecule has 0 saturated carbocycles. The van der Waals surface area contributed by atoms with E-state index >= 15 is 0 Å². The zero-order chi connectivity index (χ0) is 27.3. The van der Waals surface area contributed by atoms with Crippen molar-refractivity contribution in [2.24, 2.45) is 0 Å². The molecular formula is C30H54S8. The Morgan fingerprint density at radius 3 is 0.816 bits per heavy atom. The Balaban J connectivity index is 1.92. The molecule has 0 nitrogen and oxygen atoms in total. The van der Waals surface area contributed by atoms with Crippen molar-refractivity contribution in [3.8, 4) is 0 Å². The molecule has 38 heavy (non-hydrogen) atoms. The summed E-state index contributed by atoms with van der Waals surface area (Å²) in [6, 6.07) is 0. The van der Waals surface area contributed by atoms with Crippen molar-refractivity contribution in [2.45, 2.75) is 140 Å². The van der Waals surface area contributed by atoms with E-state index in [9.17, 15) is 0 Å². The first-order chi connectivity index (χ1) is 18.7. The second-order valence-corrected chi connectivity index (χ2v) is 20.7. The van der Waals surface area contributed by atoms with Crippen molar-refractivity contribution in [3.05, 3.63) is 16.9 Å². The molecule has 0 radical (unpaired) electrons. The van der Waals surface area contributed by atoms with Gasteiger partial charge in [-0.15, -0.1) is 94.1 Å². The summed E-state index contributed by atoms with van der Waals surface area (Å²) in [5.74, 6) is 5.21. The second-order valence-electron chi connectivity index (χ2n) is 9.99. The Bertz CT molecular complexity index is 555. The van der Waals surface area contributed by atoms with Crippen molar-refractivity contribution in [2.75, 3.05) is 23.0 Å². The van der Waals surface area contributed by atoms with Crippen LogP contribution in [0.15, 0.2) is 16.9 Å². The van der Waals surface area contributed by atoms with Crippen LogP contribution >= 0.6 is 94.1 Å². The van der Waals surface area contributed by atoms with Gasteiger partial charge in [0.15, 0.2) is 0 Å². The van der Waals surface area contributed by atoms with Crippen LogP contribution in [0, 0.1) is 0 Å². The molecule has 0 spiro atoms. The second kappa shape index (κ2) is 24.7. The molecule has 0 aromatic carbocycles. The topological polar surface area (TPSA) is 0 Å². The van der Waals surface area contributed by atoms with E-state index in [4.69, 9.17) is 0 Å².